The van der Waals surface area contributed by atoms with E-state index in [1.54, 1.807) is 7.11 Å². The van der Waals surface area contributed by atoms with Crippen LogP contribution in [0.25, 0.3) is 0 Å². The van der Waals surface area contributed by atoms with Crippen LogP contribution >= 0.6 is 0 Å². The molecule has 0 amide bonds. The topological polar surface area (TPSA) is 44.5 Å². The minimum Gasteiger partial charge on any atom is -0.354 e. The Hall–Kier alpha value is -0.120. The molecule has 0 aromatic carbocycles. The number of unbranched alkanes of at least 4 members (excludes halogenated alkanes) is 1. The van der Waals surface area contributed by atoms with Gasteiger partial charge in [0.15, 0.2) is 6.29 Å². The molecule has 0 fully saturated rings. The summed E-state index contributed by atoms with van der Waals surface area (Å²) in [7, 11) is 1.63. The van der Waals surface area contributed by atoms with Gasteiger partial charge in [-0.05, 0) is 19.3 Å². The Balaban J connectivity index is 3.57. The van der Waals surface area contributed by atoms with Gasteiger partial charge in [-0.1, -0.05) is 26.7 Å². The highest BCUT2D eigenvalue weighted by molar-refractivity contribution is 4.59. The molecule has 0 aliphatic heterocycles. The Bertz CT molecular complexity index is 128. The Morgan fingerprint density at radius 3 is 2.36 bits per heavy atom. The van der Waals surface area contributed by atoms with Crippen LogP contribution in [0.4, 0.5) is 0 Å². The largest absolute Gasteiger partial charge is 0.354 e. The normalized spacial score (nSPS) is 17.8. The van der Waals surface area contributed by atoms with E-state index in [-0.39, 0.29) is 12.3 Å². The lowest BCUT2D eigenvalue weighted by Gasteiger charge is -2.21. The second kappa shape index (κ2) is 8.21. The van der Waals surface area contributed by atoms with E-state index >= 15 is 0 Å². The molecule has 3 nitrogen and oxygen atoms in total. The number of nitrogens with two attached hydrogens (primary N) is 1. The molecule has 0 saturated heterocycles. The quantitative estimate of drug-likeness (QED) is 0.615. The SMILES string of the molecule is CCCC[C@@H](C)COC(OC)[C@H](C)N. The lowest BCUT2D eigenvalue weighted by atomic mass is 10.1. The summed E-state index contributed by atoms with van der Waals surface area (Å²) in [6, 6.07) is -0.0709. The van der Waals surface area contributed by atoms with Crippen molar-refractivity contribution in [2.45, 2.75) is 52.4 Å². The van der Waals surface area contributed by atoms with Gasteiger partial charge in [-0.25, -0.2) is 0 Å². The summed E-state index contributed by atoms with van der Waals surface area (Å²) in [5, 5.41) is 0. The second-order valence-corrected chi connectivity index (χ2v) is 4.04. The second-order valence-electron chi connectivity index (χ2n) is 4.04. The van der Waals surface area contributed by atoms with Crippen LogP contribution < -0.4 is 5.73 Å². The first-order chi connectivity index (χ1) is 6.61. The molecule has 0 heterocycles. The maximum Gasteiger partial charge on any atom is 0.171 e. The third-order valence-corrected chi connectivity index (χ3v) is 2.26. The number of rotatable bonds is 8. The Morgan fingerprint density at radius 2 is 1.93 bits per heavy atom. The summed E-state index contributed by atoms with van der Waals surface area (Å²) < 4.78 is 10.7. The molecule has 0 saturated carbocycles. The molecule has 0 bridgehead atoms. The van der Waals surface area contributed by atoms with Gasteiger partial charge in [-0.15, -0.1) is 0 Å². The van der Waals surface area contributed by atoms with Crippen molar-refractivity contribution in [1.29, 1.82) is 0 Å². The number of hydrogen-bond donors (Lipinski definition) is 1. The van der Waals surface area contributed by atoms with Crippen molar-refractivity contribution in [1.82, 2.24) is 0 Å². The third kappa shape index (κ3) is 6.35. The zero-order valence-electron chi connectivity index (χ0n) is 9.95. The average molecular weight is 203 g/mol. The lowest BCUT2D eigenvalue weighted by Crippen LogP contribution is -2.36. The van der Waals surface area contributed by atoms with Crippen molar-refractivity contribution in [3.63, 3.8) is 0 Å². The molecular weight excluding hydrogens is 178 g/mol. The first-order valence-corrected chi connectivity index (χ1v) is 5.51. The highest BCUT2D eigenvalue weighted by Gasteiger charge is 2.14. The average Bonchev–Trinajstić information content (AvgIpc) is 2.15. The van der Waals surface area contributed by atoms with Crippen molar-refractivity contribution >= 4 is 0 Å². The van der Waals surface area contributed by atoms with Gasteiger partial charge in [-0.2, -0.15) is 0 Å². The van der Waals surface area contributed by atoms with Crippen LogP contribution in [0, 0.1) is 5.92 Å². The molecule has 3 heteroatoms. The van der Waals surface area contributed by atoms with Crippen LogP contribution in [0.5, 0.6) is 0 Å². The van der Waals surface area contributed by atoms with E-state index in [2.05, 4.69) is 13.8 Å². The fourth-order valence-corrected chi connectivity index (χ4v) is 1.33. The first-order valence-electron chi connectivity index (χ1n) is 5.51. The van der Waals surface area contributed by atoms with Crippen LogP contribution in [0.2, 0.25) is 0 Å². The van der Waals surface area contributed by atoms with Crippen LogP contribution in [0.1, 0.15) is 40.0 Å². The van der Waals surface area contributed by atoms with Crippen LogP contribution in [-0.2, 0) is 9.47 Å². The maximum atomic E-state index is 5.68. The van der Waals surface area contributed by atoms with Gasteiger partial charge in [0.25, 0.3) is 0 Å². The molecule has 0 aliphatic rings. The van der Waals surface area contributed by atoms with E-state index in [9.17, 15) is 0 Å². The van der Waals surface area contributed by atoms with Crippen LogP contribution in [-0.4, -0.2) is 26.0 Å². The van der Waals surface area contributed by atoms with E-state index in [1.807, 2.05) is 6.92 Å². The Labute approximate surface area is 88.0 Å². The molecule has 1 unspecified atom stereocenters. The first kappa shape index (κ1) is 13.9. The van der Waals surface area contributed by atoms with Gasteiger partial charge in [0, 0.05) is 7.11 Å². The van der Waals surface area contributed by atoms with Gasteiger partial charge in [0.05, 0.1) is 12.6 Å². The summed E-state index contributed by atoms with van der Waals surface area (Å²) in [5.74, 6) is 0.589. The monoisotopic (exact) mass is 203 g/mol. The minimum absolute atomic E-state index is 0.0709. The fraction of sp³-hybridized carbons (Fsp3) is 1.00. The van der Waals surface area contributed by atoms with E-state index in [0.717, 1.165) is 6.61 Å². The van der Waals surface area contributed by atoms with Gasteiger partial charge >= 0.3 is 0 Å². The standard InChI is InChI=1S/C11H25NO2/c1-5-6-7-9(2)8-14-11(13-4)10(3)12/h9-11H,5-8,12H2,1-4H3/t9-,10+,11?/m1/s1. The van der Waals surface area contributed by atoms with Gasteiger partial charge in [0.2, 0.25) is 0 Å². The Morgan fingerprint density at radius 1 is 1.29 bits per heavy atom. The van der Waals surface area contributed by atoms with E-state index < -0.39 is 0 Å². The van der Waals surface area contributed by atoms with Crippen molar-refractivity contribution < 1.29 is 9.47 Å². The predicted molar refractivity (Wildman–Crippen MR) is 59.1 cm³/mol. The van der Waals surface area contributed by atoms with E-state index in [1.165, 1.54) is 19.3 Å². The zero-order valence-corrected chi connectivity index (χ0v) is 9.95. The van der Waals surface area contributed by atoms with E-state index in [4.69, 9.17) is 15.2 Å². The van der Waals surface area contributed by atoms with Gasteiger partial charge < -0.3 is 15.2 Å². The Kier molecular flexibility index (Phi) is 8.14. The number of ether oxygens (including phenoxy) is 2. The maximum absolute atomic E-state index is 5.68. The summed E-state index contributed by atoms with van der Waals surface area (Å²) in [4.78, 5) is 0. The lowest BCUT2D eigenvalue weighted by molar-refractivity contribution is -0.141. The number of methoxy groups -OCH3 is 1. The van der Waals surface area contributed by atoms with Crippen LogP contribution in [0.15, 0.2) is 0 Å². The van der Waals surface area contributed by atoms with Crippen molar-refractivity contribution in [2.75, 3.05) is 13.7 Å². The van der Waals surface area contributed by atoms with E-state index in [0.29, 0.717) is 5.92 Å². The molecule has 0 rings (SSSR count). The van der Waals surface area contributed by atoms with Gasteiger partial charge in [-0.3, -0.25) is 0 Å². The molecule has 0 radical (unpaired) electrons. The summed E-state index contributed by atoms with van der Waals surface area (Å²) in [5.41, 5.74) is 5.68. The van der Waals surface area contributed by atoms with Crippen molar-refractivity contribution in [3.05, 3.63) is 0 Å². The molecular formula is C11H25NO2. The van der Waals surface area contributed by atoms with Gasteiger partial charge in [0.1, 0.15) is 0 Å². The summed E-state index contributed by atoms with van der Waals surface area (Å²) in [6.07, 6.45) is 3.46. The highest BCUT2D eigenvalue weighted by Crippen LogP contribution is 2.09. The molecule has 0 spiro atoms. The predicted octanol–water partition coefficient (Wildman–Crippen LogP) is 2.15. The minimum atomic E-state index is -0.265. The zero-order chi connectivity index (χ0) is 11.0. The summed E-state index contributed by atoms with van der Waals surface area (Å²) in [6.45, 7) is 7.03. The molecule has 0 aromatic heterocycles. The highest BCUT2D eigenvalue weighted by atomic mass is 16.7. The van der Waals surface area contributed by atoms with Crippen molar-refractivity contribution in [2.24, 2.45) is 11.7 Å². The van der Waals surface area contributed by atoms with Crippen LogP contribution in [0.3, 0.4) is 0 Å². The molecule has 86 valence electrons. The molecule has 0 aromatic rings. The molecule has 2 N–H and O–H groups in total. The fourth-order valence-electron chi connectivity index (χ4n) is 1.33. The summed E-state index contributed by atoms with van der Waals surface area (Å²) >= 11 is 0. The molecule has 3 atom stereocenters. The number of hydrogen-bond acceptors (Lipinski definition) is 3. The smallest absolute Gasteiger partial charge is 0.171 e. The molecule has 14 heavy (non-hydrogen) atoms. The van der Waals surface area contributed by atoms with Crippen molar-refractivity contribution in [3.8, 4) is 0 Å². The molecule has 0 aliphatic carbocycles. The third-order valence-electron chi connectivity index (χ3n) is 2.26.